The summed E-state index contributed by atoms with van der Waals surface area (Å²) >= 11 is 1.35. The maximum Gasteiger partial charge on any atom is 0.357 e. The Morgan fingerprint density at radius 2 is 1.88 bits per heavy atom. The summed E-state index contributed by atoms with van der Waals surface area (Å²) in [4.78, 5) is 16.3. The van der Waals surface area contributed by atoms with Crippen LogP contribution < -0.4 is 9.47 Å². The van der Waals surface area contributed by atoms with Gasteiger partial charge in [-0.25, -0.2) is 14.2 Å². The SMILES string of the molecule is COc1ccc(-c2nc(C(=O)OCCOc3ccccc3F)cs2)cc1. The van der Waals surface area contributed by atoms with Gasteiger partial charge in [0.25, 0.3) is 0 Å². The molecule has 0 aliphatic carbocycles. The van der Waals surface area contributed by atoms with Crippen LogP contribution in [0.1, 0.15) is 10.5 Å². The Labute approximate surface area is 154 Å². The largest absolute Gasteiger partial charge is 0.497 e. The molecular formula is C19H16FNO4S. The predicted molar refractivity (Wildman–Crippen MR) is 96.3 cm³/mol. The first-order valence-electron chi connectivity index (χ1n) is 7.82. The molecule has 134 valence electrons. The van der Waals surface area contributed by atoms with E-state index in [9.17, 15) is 9.18 Å². The minimum atomic E-state index is -0.543. The molecular weight excluding hydrogens is 357 g/mol. The zero-order valence-electron chi connectivity index (χ0n) is 14.0. The number of carbonyl (C=O) groups is 1. The lowest BCUT2D eigenvalue weighted by Crippen LogP contribution is -2.13. The zero-order chi connectivity index (χ0) is 18.4. The average Bonchev–Trinajstić information content (AvgIpc) is 3.17. The first-order valence-corrected chi connectivity index (χ1v) is 8.70. The van der Waals surface area contributed by atoms with Crippen LogP contribution in [-0.4, -0.2) is 31.3 Å². The molecule has 0 saturated heterocycles. The molecule has 5 nitrogen and oxygen atoms in total. The lowest BCUT2D eigenvalue weighted by molar-refractivity contribution is 0.0442. The molecule has 1 aromatic heterocycles. The Hall–Kier alpha value is -2.93. The van der Waals surface area contributed by atoms with Gasteiger partial charge in [-0.2, -0.15) is 0 Å². The fraction of sp³-hybridized carbons (Fsp3) is 0.158. The minimum absolute atomic E-state index is 0.00254. The highest BCUT2D eigenvalue weighted by Crippen LogP contribution is 2.26. The molecule has 3 rings (SSSR count). The Balaban J connectivity index is 1.52. The van der Waals surface area contributed by atoms with Crippen molar-refractivity contribution in [1.82, 2.24) is 4.98 Å². The van der Waals surface area contributed by atoms with E-state index in [0.29, 0.717) is 5.01 Å². The van der Waals surface area contributed by atoms with Crippen LogP contribution in [0.25, 0.3) is 10.6 Å². The number of carbonyl (C=O) groups excluding carboxylic acids is 1. The third-order valence-electron chi connectivity index (χ3n) is 3.46. The predicted octanol–water partition coefficient (Wildman–Crippen LogP) is 4.19. The fourth-order valence-electron chi connectivity index (χ4n) is 2.16. The van der Waals surface area contributed by atoms with Crippen LogP contribution in [0.3, 0.4) is 0 Å². The Morgan fingerprint density at radius 3 is 2.62 bits per heavy atom. The van der Waals surface area contributed by atoms with Crippen molar-refractivity contribution >= 4 is 17.3 Å². The van der Waals surface area contributed by atoms with Crippen LogP contribution >= 0.6 is 11.3 Å². The summed E-state index contributed by atoms with van der Waals surface area (Å²) in [6.45, 7) is 0.0602. The number of esters is 1. The molecule has 0 radical (unpaired) electrons. The number of nitrogens with zero attached hydrogens (tertiary/aromatic N) is 1. The maximum absolute atomic E-state index is 13.4. The number of hydrogen-bond donors (Lipinski definition) is 0. The van der Waals surface area contributed by atoms with Crippen molar-refractivity contribution in [3.8, 4) is 22.1 Å². The second-order valence-electron chi connectivity index (χ2n) is 5.18. The van der Waals surface area contributed by atoms with Gasteiger partial charge in [-0.1, -0.05) is 12.1 Å². The normalized spacial score (nSPS) is 10.4. The Kier molecular flexibility index (Phi) is 5.80. The lowest BCUT2D eigenvalue weighted by Gasteiger charge is -2.07. The second kappa shape index (κ2) is 8.44. The number of aromatic nitrogens is 1. The second-order valence-corrected chi connectivity index (χ2v) is 6.04. The van der Waals surface area contributed by atoms with Gasteiger partial charge < -0.3 is 14.2 Å². The van der Waals surface area contributed by atoms with Gasteiger partial charge in [0.05, 0.1) is 7.11 Å². The molecule has 0 aliphatic rings. The van der Waals surface area contributed by atoms with E-state index in [1.807, 2.05) is 24.3 Å². The summed E-state index contributed by atoms with van der Waals surface area (Å²) in [5.74, 6) is -0.126. The fourth-order valence-corrected chi connectivity index (χ4v) is 2.95. The molecule has 0 spiro atoms. The van der Waals surface area contributed by atoms with Gasteiger partial charge in [-0.15, -0.1) is 11.3 Å². The number of ether oxygens (including phenoxy) is 3. The van der Waals surface area contributed by atoms with Crippen molar-refractivity contribution < 1.29 is 23.4 Å². The standard InChI is InChI=1S/C19H16FNO4S/c1-23-14-8-6-13(7-9-14)18-21-16(12-26-18)19(22)25-11-10-24-17-5-3-2-4-15(17)20/h2-9,12H,10-11H2,1H3. The third kappa shape index (κ3) is 4.37. The molecule has 26 heavy (non-hydrogen) atoms. The van der Waals surface area contributed by atoms with Crippen molar-refractivity contribution in [1.29, 1.82) is 0 Å². The summed E-state index contributed by atoms with van der Waals surface area (Å²) in [5, 5.41) is 2.35. The number of hydrogen-bond acceptors (Lipinski definition) is 6. The summed E-state index contributed by atoms with van der Waals surface area (Å²) in [6, 6.07) is 13.5. The number of rotatable bonds is 7. The van der Waals surface area contributed by atoms with Gasteiger partial charge in [0.2, 0.25) is 0 Å². The van der Waals surface area contributed by atoms with E-state index in [-0.39, 0.29) is 24.7 Å². The molecule has 0 N–H and O–H groups in total. The minimum Gasteiger partial charge on any atom is -0.497 e. The van der Waals surface area contributed by atoms with E-state index in [0.717, 1.165) is 11.3 Å². The molecule has 2 aromatic carbocycles. The number of thiazole rings is 1. The van der Waals surface area contributed by atoms with Crippen molar-refractivity contribution in [3.63, 3.8) is 0 Å². The summed E-state index contributed by atoms with van der Waals surface area (Å²) in [5.41, 5.74) is 1.12. The quantitative estimate of drug-likeness (QED) is 0.459. The number of para-hydroxylation sites is 1. The first kappa shape index (κ1) is 17.9. The molecule has 0 atom stereocenters. The van der Waals surface area contributed by atoms with Crippen LogP contribution in [0.2, 0.25) is 0 Å². The van der Waals surface area contributed by atoms with Crippen molar-refractivity contribution in [2.45, 2.75) is 0 Å². The van der Waals surface area contributed by atoms with Crippen molar-refractivity contribution in [3.05, 3.63) is 65.4 Å². The molecule has 1 heterocycles. The van der Waals surface area contributed by atoms with Gasteiger partial charge in [-0.05, 0) is 36.4 Å². The highest BCUT2D eigenvalue weighted by atomic mass is 32.1. The summed E-state index contributed by atoms with van der Waals surface area (Å²) in [6.07, 6.45) is 0. The van der Waals surface area contributed by atoms with E-state index in [1.165, 1.54) is 23.5 Å². The van der Waals surface area contributed by atoms with E-state index in [1.54, 1.807) is 24.6 Å². The van der Waals surface area contributed by atoms with Crippen molar-refractivity contribution in [2.75, 3.05) is 20.3 Å². The summed E-state index contributed by atoms with van der Waals surface area (Å²) in [7, 11) is 1.60. The van der Waals surface area contributed by atoms with Gasteiger partial charge >= 0.3 is 5.97 Å². The van der Waals surface area contributed by atoms with Gasteiger partial charge in [-0.3, -0.25) is 0 Å². The average molecular weight is 373 g/mol. The molecule has 0 amide bonds. The smallest absolute Gasteiger partial charge is 0.357 e. The van der Waals surface area contributed by atoms with Gasteiger partial charge in [0.15, 0.2) is 17.3 Å². The van der Waals surface area contributed by atoms with Crippen molar-refractivity contribution in [2.24, 2.45) is 0 Å². The molecule has 0 saturated carbocycles. The van der Waals surface area contributed by atoms with Gasteiger partial charge in [0.1, 0.15) is 24.0 Å². The third-order valence-corrected chi connectivity index (χ3v) is 4.35. The lowest BCUT2D eigenvalue weighted by atomic mass is 10.2. The molecule has 0 bridgehead atoms. The molecule has 7 heteroatoms. The van der Waals surface area contributed by atoms with Crippen LogP contribution in [0.5, 0.6) is 11.5 Å². The highest BCUT2D eigenvalue weighted by Gasteiger charge is 2.13. The van der Waals surface area contributed by atoms with E-state index in [2.05, 4.69) is 4.98 Å². The number of halogens is 1. The van der Waals surface area contributed by atoms with E-state index in [4.69, 9.17) is 14.2 Å². The topological polar surface area (TPSA) is 57.7 Å². The number of benzene rings is 2. The van der Waals surface area contributed by atoms with E-state index >= 15 is 0 Å². The van der Waals surface area contributed by atoms with Crippen LogP contribution in [0, 0.1) is 5.82 Å². The monoisotopic (exact) mass is 373 g/mol. The Bertz CT molecular complexity index is 879. The van der Waals surface area contributed by atoms with Gasteiger partial charge in [0, 0.05) is 10.9 Å². The molecule has 0 aliphatic heterocycles. The number of methoxy groups -OCH3 is 1. The van der Waals surface area contributed by atoms with Crippen LogP contribution in [0.15, 0.2) is 53.9 Å². The highest BCUT2D eigenvalue weighted by molar-refractivity contribution is 7.13. The molecule has 0 fully saturated rings. The van der Waals surface area contributed by atoms with E-state index < -0.39 is 11.8 Å². The maximum atomic E-state index is 13.4. The Morgan fingerprint density at radius 1 is 1.12 bits per heavy atom. The van der Waals surface area contributed by atoms with Crippen LogP contribution in [0.4, 0.5) is 4.39 Å². The van der Waals surface area contributed by atoms with Crippen LogP contribution in [-0.2, 0) is 4.74 Å². The zero-order valence-corrected chi connectivity index (χ0v) is 14.8. The summed E-state index contributed by atoms with van der Waals surface area (Å²) < 4.78 is 28.9. The first-order chi connectivity index (χ1) is 12.7. The molecule has 3 aromatic rings. The molecule has 0 unspecified atom stereocenters.